The number of hydrogen-bond donors (Lipinski definition) is 1. The van der Waals surface area contributed by atoms with Gasteiger partial charge in [0.25, 0.3) is 10.0 Å². The predicted octanol–water partition coefficient (Wildman–Crippen LogP) is 4.23. The number of fused-ring (bicyclic) bond motifs is 1. The first-order chi connectivity index (χ1) is 12.5. The van der Waals surface area contributed by atoms with Gasteiger partial charge in [0.1, 0.15) is 5.82 Å². The number of aromatic nitrogens is 1. The van der Waals surface area contributed by atoms with E-state index in [1.54, 1.807) is 12.3 Å². The van der Waals surface area contributed by atoms with Crippen molar-refractivity contribution >= 4 is 38.8 Å². The average molecular weight is 386 g/mol. The fraction of sp³-hybridized carbons (Fsp3) is 0.105. The van der Waals surface area contributed by atoms with Crippen molar-refractivity contribution in [1.29, 1.82) is 0 Å². The van der Waals surface area contributed by atoms with Crippen molar-refractivity contribution in [3.05, 3.63) is 77.4 Å². The third-order valence-electron chi connectivity index (χ3n) is 4.31. The van der Waals surface area contributed by atoms with Crippen LogP contribution in [-0.2, 0) is 16.4 Å². The Labute approximate surface area is 157 Å². The summed E-state index contributed by atoms with van der Waals surface area (Å²) in [6.45, 7) is 0.886. The molecular formula is C19H16ClN3O2S. The van der Waals surface area contributed by atoms with Gasteiger partial charge >= 0.3 is 0 Å². The summed E-state index contributed by atoms with van der Waals surface area (Å²) >= 11 is 5.81. The Morgan fingerprint density at radius 2 is 1.77 bits per heavy atom. The van der Waals surface area contributed by atoms with Crippen LogP contribution in [0.1, 0.15) is 5.56 Å². The van der Waals surface area contributed by atoms with Gasteiger partial charge in [0.05, 0.1) is 16.8 Å². The minimum Gasteiger partial charge on any atom is -0.340 e. The molecule has 7 heteroatoms. The monoisotopic (exact) mass is 385 g/mol. The molecule has 2 aromatic carbocycles. The third kappa shape index (κ3) is 3.25. The molecule has 0 atom stereocenters. The van der Waals surface area contributed by atoms with Gasteiger partial charge in [-0.2, -0.15) is 0 Å². The van der Waals surface area contributed by atoms with Gasteiger partial charge in [0, 0.05) is 17.3 Å². The van der Waals surface area contributed by atoms with Crippen LogP contribution in [0, 0.1) is 0 Å². The first-order valence-electron chi connectivity index (χ1n) is 8.13. The topological polar surface area (TPSA) is 62.3 Å². The molecule has 0 fully saturated rings. The summed E-state index contributed by atoms with van der Waals surface area (Å²) < 4.78 is 27.3. The maximum absolute atomic E-state index is 12.4. The van der Waals surface area contributed by atoms with Crippen LogP contribution in [0.2, 0.25) is 5.02 Å². The maximum Gasteiger partial charge on any atom is 0.263 e. The van der Waals surface area contributed by atoms with Crippen LogP contribution >= 0.6 is 11.6 Å². The summed E-state index contributed by atoms with van der Waals surface area (Å²) in [5.74, 6) is 0.274. The van der Waals surface area contributed by atoms with Crippen molar-refractivity contribution in [2.24, 2.45) is 0 Å². The molecular weight excluding hydrogens is 370 g/mol. The van der Waals surface area contributed by atoms with Gasteiger partial charge < -0.3 is 4.90 Å². The summed E-state index contributed by atoms with van der Waals surface area (Å²) in [7, 11) is -3.70. The van der Waals surface area contributed by atoms with E-state index in [9.17, 15) is 8.42 Å². The van der Waals surface area contributed by atoms with Gasteiger partial charge in [-0.05, 0) is 54.4 Å². The summed E-state index contributed by atoms with van der Waals surface area (Å²) in [4.78, 5) is 6.59. The molecule has 0 bridgehead atoms. The van der Waals surface area contributed by atoms with Crippen molar-refractivity contribution in [3.8, 4) is 0 Å². The largest absolute Gasteiger partial charge is 0.340 e. The van der Waals surface area contributed by atoms with E-state index >= 15 is 0 Å². The van der Waals surface area contributed by atoms with Crippen molar-refractivity contribution in [2.45, 2.75) is 11.3 Å². The fourth-order valence-electron chi connectivity index (χ4n) is 3.02. The molecule has 0 saturated heterocycles. The molecule has 4 rings (SSSR count). The Morgan fingerprint density at radius 1 is 1.00 bits per heavy atom. The Morgan fingerprint density at radius 3 is 2.50 bits per heavy atom. The zero-order chi connectivity index (χ0) is 18.1. The molecule has 3 aromatic rings. The van der Waals surface area contributed by atoms with Gasteiger partial charge in [-0.1, -0.05) is 29.8 Å². The number of nitrogens with zero attached hydrogens (tertiary/aromatic N) is 2. The number of benzene rings is 2. The molecule has 26 heavy (non-hydrogen) atoms. The summed E-state index contributed by atoms with van der Waals surface area (Å²) in [6, 6.07) is 17.8. The summed E-state index contributed by atoms with van der Waals surface area (Å²) in [5, 5.41) is 0.484. The number of hydrogen-bond acceptors (Lipinski definition) is 4. The van der Waals surface area contributed by atoms with Crippen LogP contribution in [0.25, 0.3) is 0 Å². The lowest BCUT2D eigenvalue weighted by molar-refractivity contribution is 0.601. The molecule has 132 valence electrons. The Balaban J connectivity index is 1.54. The highest BCUT2D eigenvalue weighted by atomic mass is 35.5. The molecule has 0 amide bonds. The van der Waals surface area contributed by atoms with Gasteiger partial charge in [0.2, 0.25) is 0 Å². The zero-order valence-corrected chi connectivity index (χ0v) is 15.3. The second-order valence-corrected chi connectivity index (χ2v) is 8.11. The van der Waals surface area contributed by atoms with Crippen molar-refractivity contribution in [2.75, 3.05) is 16.2 Å². The molecule has 1 aliphatic heterocycles. The van der Waals surface area contributed by atoms with E-state index in [0.29, 0.717) is 5.02 Å². The second-order valence-electron chi connectivity index (χ2n) is 5.99. The lowest BCUT2D eigenvalue weighted by Gasteiger charge is -2.19. The number of para-hydroxylation sites is 1. The van der Waals surface area contributed by atoms with E-state index in [1.165, 1.54) is 35.5 Å². The molecule has 1 N–H and O–H groups in total. The number of anilines is 3. The molecule has 0 saturated carbocycles. The van der Waals surface area contributed by atoms with E-state index in [0.717, 1.165) is 18.7 Å². The molecule has 1 aliphatic rings. The van der Waals surface area contributed by atoms with E-state index in [-0.39, 0.29) is 10.7 Å². The van der Waals surface area contributed by atoms with Crippen LogP contribution < -0.4 is 9.62 Å². The number of sulfonamides is 1. The molecule has 0 unspecified atom stereocenters. The van der Waals surface area contributed by atoms with E-state index < -0.39 is 10.0 Å². The molecule has 0 aliphatic carbocycles. The number of nitrogens with one attached hydrogen (secondary N) is 1. The lowest BCUT2D eigenvalue weighted by Crippen LogP contribution is -2.15. The third-order valence-corrected chi connectivity index (χ3v) is 5.93. The summed E-state index contributed by atoms with van der Waals surface area (Å²) in [6.07, 6.45) is 2.67. The Hall–Kier alpha value is -2.57. The summed E-state index contributed by atoms with van der Waals surface area (Å²) in [5.41, 5.74) is 3.41. The van der Waals surface area contributed by atoms with Gasteiger partial charge in [-0.15, -0.1) is 0 Å². The number of rotatable bonds is 4. The lowest BCUT2D eigenvalue weighted by atomic mass is 10.2. The zero-order valence-electron chi connectivity index (χ0n) is 13.8. The molecule has 2 heterocycles. The van der Waals surface area contributed by atoms with Gasteiger partial charge in [-0.3, -0.25) is 4.72 Å². The predicted molar refractivity (Wildman–Crippen MR) is 104 cm³/mol. The molecule has 0 spiro atoms. The van der Waals surface area contributed by atoms with Crippen molar-refractivity contribution < 1.29 is 8.42 Å². The van der Waals surface area contributed by atoms with Crippen LogP contribution in [0.4, 0.5) is 17.2 Å². The van der Waals surface area contributed by atoms with Crippen LogP contribution in [0.3, 0.4) is 0 Å². The highest BCUT2D eigenvalue weighted by Gasteiger charge is 2.20. The highest BCUT2D eigenvalue weighted by Crippen LogP contribution is 2.34. The Kier molecular flexibility index (Phi) is 4.30. The first kappa shape index (κ1) is 16.9. The van der Waals surface area contributed by atoms with Gasteiger partial charge in [0.15, 0.2) is 0 Å². The smallest absolute Gasteiger partial charge is 0.263 e. The highest BCUT2D eigenvalue weighted by molar-refractivity contribution is 7.92. The maximum atomic E-state index is 12.4. The molecule has 0 radical (unpaired) electrons. The van der Waals surface area contributed by atoms with Gasteiger partial charge in [-0.25, -0.2) is 13.4 Å². The van der Waals surface area contributed by atoms with E-state index in [2.05, 4.69) is 26.7 Å². The van der Waals surface area contributed by atoms with Crippen LogP contribution in [0.15, 0.2) is 71.8 Å². The van der Waals surface area contributed by atoms with Crippen LogP contribution in [-0.4, -0.2) is 19.9 Å². The van der Waals surface area contributed by atoms with Crippen molar-refractivity contribution in [3.63, 3.8) is 0 Å². The Bertz CT molecular complexity index is 1040. The minimum absolute atomic E-state index is 0.140. The average Bonchev–Trinajstić information content (AvgIpc) is 3.07. The second kappa shape index (κ2) is 6.63. The molecule has 5 nitrogen and oxygen atoms in total. The fourth-order valence-corrected chi connectivity index (χ4v) is 4.16. The number of pyridine rings is 1. The SMILES string of the molecule is O=S(=O)(Nc1ccc(N2CCc3ccccc32)cn1)c1ccc(Cl)cc1. The molecule has 1 aromatic heterocycles. The standard InChI is InChI=1S/C19H16ClN3O2S/c20-15-5-8-17(9-6-15)26(24,25)22-19-10-7-16(13-21-19)23-12-11-14-3-1-2-4-18(14)23/h1-10,13H,11-12H2,(H,21,22). The van der Waals surface area contributed by atoms with Crippen LogP contribution in [0.5, 0.6) is 0 Å². The first-order valence-corrected chi connectivity index (χ1v) is 9.99. The van der Waals surface area contributed by atoms with E-state index in [4.69, 9.17) is 11.6 Å². The quantitative estimate of drug-likeness (QED) is 0.730. The minimum atomic E-state index is -3.70. The normalized spacial score (nSPS) is 13.5. The van der Waals surface area contributed by atoms with E-state index in [1.807, 2.05) is 18.2 Å². The number of halogens is 1. The van der Waals surface area contributed by atoms with Crippen molar-refractivity contribution in [1.82, 2.24) is 4.98 Å².